The van der Waals surface area contributed by atoms with Crippen molar-refractivity contribution in [3.8, 4) is 0 Å². The summed E-state index contributed by atoms with van der Waals surface area (Å²) < 4.78 is 4.66. The van der Waals surface area contributed by atoms with Crippen LogP contribution in [0.3, 0.4) is 0 Å². The largest absolute Gasteiger partial charge is 0.465 e. The molecular weight excluding hydrogens is 248 g/mol. The lowest BCUT2D eigenvalue weighted by Crippen LogP contribution is -2.07. The minimum atomic E-state index is -0.338. The van der Waals surface area contributed by atoms with E-state index >= 15 is 0 Å². The third-order valence-corrected chi connectivity index (χ3v) is 3.01. The fraction of sp³-hybridized carbons (Fsp3) is 0.231. The number of nitrogens with two attached hydrogens (primary N) is 1. The molecule has 1 rings (SSSR count). The number of nitrogens with zero attached hydrogens (tertiary/aromatic N) is 1. The second-order valence-corrected chi connectivity index (χ2v) is 4.44. The number of rotatable bonds is 5. The highest BCUT2D eigenvalue weighted by molar-refractivity contribution is 8.13. The van der Waals surface area contributed by atoms with Gasteiger partial charge in [-0.05, 0) is 17.7 Å². The number of carbonyl (C=O) groups is 1. The van der Waals surface area contributed by atoms with Crippen LogP contribution in [0.4, 0.5) is 0 Å². The Morgan fingerprint density at radius 3 is 3.06 bits per heavy atom. The lowest BCUT2D eigenvalue weighted by atomic mass is 10.1. The van der Waals surface area contributed by atoms with Gasteiger partial charge in [0.2, 0.25) is 0 Å². The summed E-state index contributed by atoms with van der Waals surface area (Å²) in [5, 5.41) is 0.512. The molecule has 0 fully saturated rings. The number of hydrogen-bond acceptors (Lipinski definition) is 4. The summed E-state index contributed by atoms with van der Waals surface area (Å²) in [4.78, 5) is 15.4. The molecule has 4 nitrogen and oxygen atoms in total. The van der Waals surface area contributed by atoms with Gasteiger partial charge in [0, 0.05) is 5.75 Å². The topological polar surface area (TPSA) is 64.7 Å². The summed E-state index contributed by atoms with van der Waals surface area (Å²) in [5.41, 5.74) is 7.24. The highest BCUT2D eigenvalue weighted by atomic mass is 32.2. The van der Waals surface area contributed by atoms with Gasteiger partial charge in [-0.1, -0.05) is 30.0 Å². The van der Waals surface area contributed by atoms with Gasteiger partial charge in [0.15, 0.2) is 5.17 Å². The van der Waals surface area contributed by atoms with Gasteiger partial charge in [0.1, 0.15) is 0 Å². The van der Waals surface area contributed by atoms with E-state index in [4.69, 9.17) is 5.73 Å². The first-order valence-corrected chi connectivity index (χ1v) is 6.36. The van der Waals surface area contributed by atoms with Gasteiger partial charge in [-0.2, -0.15) is 0 Å². The molecule has 0 saturated heterocycles. The molecule has 0 aliphatic rings. The molecule has 2 N–H and O–H groups in total. The van der Waals surface area contributed by atoms with Gasteiger partial charge < -0.3 is 10.5 Å². The second-order valence-electron chi connectivity index (χ2n) is 3.45. The third kappa shape index (κ3) is 4.63. The minimum Gasteiger partial charge on any atom is -0.465 e. The minimum absolute atomic E-state index is 0.338. The number of ether oxygens (including phenoxy) is 1. The molecule has 0 aromatic heterocycles. The van der Waals surface area contributed by atoms with Crippen molar-refractivity contribution >= 4 is 22.9 Å². The van der Waals surface area contributed by atoms with Crippen LogP contribution in [0.25, 0.3) is 0 Å². The molecule has 0 bridgehead atoms. The Balaban J connectivity index is 2.62. The van der Waals surface area contributed by atoms with Crippen molar-refractivity contribution in [2.24, 2.45) is 10.7 Å². The van der Waals surface area contributed by atoms with Crippen molar-refractivity contribution < 1.29 is 9.53 Å². The number of esters is 1. The molecule has 0 radical (unpaired) electrons. The van der Waals surface area contributed by atoms with Gasteiger partial charge in [0.05, 0.1) is 19.2 Å². The van der Waals surface area contributed by atoms with Crippen LogP contribution in [0.1, 0.15) is 15.9 Å². The molecule has 1 aromatic rings. The van der Waals surface area contributed by atoms with E-state index in [-0.39, 0.29) is 5.97 Å². The first-order chi connectivity index (χ1) is 8.67. The molecule has 0 amide bonds. The standard InChI is InChI=1S/C13H16N2O2S/c1-3-7-15-13(14)18-9-10-5-4-6-11(8-10)12(16)17-2/h3-6,8H,1,7,9H2,2H3,(H2,14,15). The smallest absolute Gasteiger partial charge is 0.337 e. The Bertz CT molecular complexity index is 458. The van der Waals surface area contributed by atoms with Crippen LogP contribution in [-0.2, 0) is 10.5 Å². The van der Waals surface area contributed by atoms with Crippen molar-refractivity contribution in [1.29, 1.82) is 0 Å². The summed E-state index contributed by atoms with van der Waals surface area (Å²) in [6.45, 7) is 4.08. The summed E-state index contributed by atoms with van der Waals surface area (Å²) in [6.07, 6.45) is 1.69. The van der Waals surface area contributed by atoms with Crippen LogP contribution in [-0.4, -0.2) is 24.8 Å². The summed E-state index contributed by atoms with van der Waals surface area (Å²) >= 11 is 1.43. The Morgan fingerprint density at radius 1 is 1.61 bits per heavy atom. The van der Waals surface area contributed by atoms with Crippen LogP contribution in [0.15, 0.2) is 41.9 Å². The van der Waals surface area contributed by atoms with E-state index in [1.165, 1.54) is 18.9 Å². The van der Waals surface area contributed by atoms with Gasteiger partial charge >= 0.3 is 5.97 Å². The highest BCUT2D eigenvalue weighted by Gasteiger charge is 2.05. The number of benzene rings is 1. The monoisotopic (exact) mass is 264 g/mol. The van der Waals surface area contributed by atoms with Crippen molar-refractivity contribution in [1.82, 2.24) is 0 Å². The van der Waals surface area contributed by atoms with E-state index in [1.54, 1.807) is 18.2 Å². The van der Waals surface area contributed by atoms with Gasteiger partial charge in [0.25, 0.3) is 0 Å². The molecule has 0 atom stereocenters. The number of methoxy groups -OCH3 is 1. The third-order valence-electron chi connectivity index (χ3n) is 2.11. The van der Waals surface area contributed by atoms with E-state index < -0.39 is 0 Å². The van der Waals surface area contributed by atoms with E-state index in [0.29, 0.717) is 23.0 Å². The van der Waals surface area contributed by atoms with Gasteiger partial charge in [-0.25, -0.2) is 4.79 Å². The molecule has 0 aliphatic heterocycles. The Labute approximate surface area is 111 Å². The second kappa shape index (κ2) is 7.55. The maximum absolute atomic E-state index is 11.4. The first-order valence-electron chi connectivity index (χ1n) is 5.38. The number of thioether (sulfide) groups is 1. The predicted octanol–water partition coefficient (Wildman–Crippen LogP) is 2.21. The summed E-state index contributed by atoms with van der Waals surface area (Å²) in [6, 6.07) is 7.26. The average Bonchev–Trinajstić information content (AvgIpc) is 2.42. The number of hydrogen-bond donors (Lipinski definition) is 1. The SMILES string of the molecule is C=CCN=C(N)SCc1cccc(C(=O)OC)c1. The molecular formula is C13H16N2O2S. The Hall–Kier alpha value is -1.75. The van der Waals surface area contributed by atoms with E-state index in [9.17, 15) is 4.79 Å². The Morgan fingerprint density at radius 2 is 2.39 bits per heavy atom. The highest BCUT2D eigenvalue weighted by Crippen LogP contribution is 2.14. The van der Waals surface area contributed by atoms with Crippen LogP contribution in [0, 0.1) is 0 Å². The molecule has 0 unspecified atom stereocenters. The maximum atomic E-state index is 11.4. The zero-order chi connectivity index (χ0) is 13.4. The molecule has 0 heterocycles. The lowest BCUT2D eigenvalue weighted by molar-refractivity contribution is 0.0600. The number of amidine groups is 1. The van der Waals surface area contributed by atoms with Crippen LogP contribution >= 0.6 is 11.8 Å². The lowest BCUT2D eigenvalue weighted by Gasteiger charge is -2.04. The summed E-state index contributed by atoms with van der Waals surface area (Å²) in [5.74, 6) is 0.326. The van der Waals surface area contributed by atoms with Crippen molar-refractivity contribution in [3.63, 3.8) is 0 Å². The van der Waals surface area contributed by atoms with Crippen LogP contribution < -0.4 is 5.73 Å². The summed E-state index contributed by atoms with van der Waals surface area (Å²) in [7, 11) is 1.36. The molecule has 0 spiro atoms. The molecule has 0 aliphatic carbocycles. The van der Waals surface area contributed by atoms with Crippen molar-refractivity contribution in [2.75, 3.05) is 13.7 Å². The maximum Gasteiger partial charge on any atom is 0.337 e. The van der Waals surface area contributed by atoms with Crippen LogP contribution in [0.5, 0.6) is 0 Å². The zero-order valence-corrected chi connectivity index (χ0v) is 11.1. The molecule has 18 heavy (non-hydrogen) atoms. The molecule has 5 heteroatoms. The molecule has 0 saturated carbocycles. The molecule has 1 aromatic carbocycles. The Kier molecular flexibility index (Phi) is 6.00. The number of aliphatic imine (C=N–C) groups is 1. The van der Waals surface area contributed by atoms with Crippen molar-refractivity contribution in [3.05, 3.63) is 48.0 Å². The quantitative estimate of drug-likeness (QED) is 0.383. The molecule has 96 valence electrons. The van der Waals surface area contributed by atoms with E-state index in [2.05, 4.69) is 16.3 Å². The van der Waals surface area contributed by atoms with E-state index in [0.717, 1.165) is 5.56 Å². The number of carbonyl (C=O) groups excluding carboxylic acids is 1. The van der Waals surface area contributed by atoms with E-state index in [1.807, 2.05) is 12.1 Å². The fourth-order valence-corrected chi connectivity index (χ4v) is 1.92. The fourth-order valence-electron chi connectivity index (χ4n) is 1.26. The van der Waals surface area contributed by atoms with Gasteiger partial charge in [-0.15, -0.1) is 6.58 Å². The normalized spacial score (nSPS) is 11.1. The predicted molar refractivity (Wildman–Crippen MR) is 75.8 cm³/mol. The first kappa shape index (κ1) is 14.3. The van der Waals surface area contributed by atoms with Crippen molar-refractivity contribution in [2.45, 2.75) is 5.75 Å². The zero-order valence-electron chi connectivity index (χ0n) is 10.3. The average molecular weight is 264 g/mol. The van der Waals surface area contributed by atoms with Crippen LogP contribution in [0.2, 0.25) is 0 Å². The van der Waals surface area contributed by atoms with Gasteiger partial charge in [-0.3, -0.25) is 4.99 Å².